The van der Waals surface area contributed by atoms with Crippen molar-refractivity contribution in [3.8, 4) is 5.75 Å². The zero-order chi connectivity index (χ0) is 17.0. The van der Waals surface area contributed by atoms with Gasteiger partial charge in [0.05, 0.1) is 18.9 Å². The number of fused-ring (bicyclic) bond motifs is 1. The van der Waals surface area contributed by atoms with Crippen LogP contribution in [-0.4, -0.2) is 38.3 Å². The summed E-state index contributed by atoms with van der Waals surface area (Å²) in [4.78, 5) is 14.6. The number of carbonyl (C=O) groups is 1. The van der Waals surface area contributed by atoms with Crippen molar-refractivity contribution in [1.82, 2.24) is 0 Å². The van der Waals surface area contributed by atoms with Crippen molar-refractivity contribution in [2.24, 2.45) is 11.7 Å². The third kappa shape index (κ3) is 4.03. The Morgan fingerprint density at radius 3 is 2.61 bits per heavy atom. The number of carbonyl (C=O) groups excluding carboxylic acids is 1. The highest BCUT2D eigenvalue weighted by Crippen LogP contribution is 2.37. The summed E-state index contributed by atoms with van der Waals surface area (Å²) in [5.41, 5.74) is 7.47. The molecule has 5 heteroatoms. The summed E-state index contributed by atoms with van der Waals surface area (Å²) in [5.74, 6) is 1.29. The summed E-state index contributed by atoms with van der Waals surface area (Å²) in [6.07, 6.45) is -0.443. The summed E-state index contributed by atoms with van der Waals surface area (Å²) in [6, 6.07) is 6.09. The molecule has 1 aliphatic heterocycles. The minimum atomic E-state index is -0.443. The zero-order valence-corrected chi connectivity index (χ0v) is 14.5. The molecule has 23 heavy (non-hydrogen) atoms. The second-order valence-corrected chi connectivity index (χ2v) is 6.56. The lowest BCUT2D eigenvalue weighted by atomic mass is 9.99. The van der Waals surface area contributed by atoms with Crippen LogP contribution in [-0.2, 0) is 9.53 Å². The molecule has 1 aliphatic rings. The van der Waals surface area contributed by atoms with E-state index < -0.39 is 6.10 Å². The van der Waals surface area contributed by atoms with Gasteiger partial charge in [-0.1, -0.05) is 33.8 Å². The van der Waals surface area contributed by atoms with Crippen molar-refractivity contribution in [3.63, 3.8) is 0 Å². The fourth-order valence-corrected chi connectivity index (χ4v) is 2.66. The Morgan fingerprint density at radius 1 is 1.26 bits per heavy atom. The van der Waals surface area contributed by atoms with E-state index in [0.717, 1.165) is 11.4 Å². The molecule has 5 nitrogen and oxygen atoms in total. The average Bonchev–Trinajstić information content (AvgIpc) is 2.51. The minimum Gasteiger partial charge on any atom is -0.478 e. The molecule has 2 rings (SSSR count). The second kappa shape index (κ2) is 7.79. The van der Waals surface area contributed by atoms with E-state index in [1.807, 2.05) is 19.9 Å². The third-order valence-corrected chi connectivity index (χ3v) is 4.03. The van der Waals surface area contributed by atoms with Gasteiger partial charge in [-0.2, -0.15) is 0 Å². The molecule has 1 aromatic rings. The van der Waals surface area contributed by atoms with Crippen LogP contribution < -0.4 is 15.4 Å². The van der Waals surface area contributed by atoms with Crippen LogP contribution in [0.5, 0.6) is 5.75 Å². The van der Waals surface area contributed by atoms with E-state index in [2.05, 4.69) is 26.0 Å². The van der Waals surface area contributed by atoms with E-state index in [4.69, 9.17) is 15.2 Å². The van der Waals surface area contributed by atoms with Crippen molar-refractivity contribution < 1.29 is 14.3 Å². The van der Waals surface area contributed by atoms with Gasteiger partial charge in [0.15, 0.2) is 6.10 Å². The van der Waals surface area contributed by atoms with Gasteiger partial charge in [0.25, 0.3) is 5.91 Å². The Bertz CT molecular complexity index is 543. The Balaban J connectivity index is 2.29. The standard InChI is InChI=1S/C18H28N2O3/c1-12(2)14-5-6-16-15(11-14)20(8-10-22-9-7-19)18(21)17(23-16)13(3)4/h5-6,11-13,17H,7-10,19H2,1-4H3. The quantitative estimate of drug-likeness (QED) is 0.784. The van der Waals surface area contributed by atoms with Crippen LogP contribution in [0.1, 0.15) is 39.2 Å². The molecule has 1 atom stereocenters. The smallest absolute Gasteiger partial charge is 0.268 e. The average molecular weight is 320 g/mol. The minimum absolute atomic E-state index is 0.00440. The molecule has 0 bridgehead atoms. The molecule has 0 radical (unpaired) electrons. The predicted octanol–water partition coefficient (Wildman–Crippen LogP) is 2.54. The number of rotatable bonds is 7. The maximum atomic E-state index is 12.8. The lowest BCUT2D eigenvalue weighted by molar-refractivity contribution is -0.128. The van der Waals surface area contributed by atoms with Crippen LogP contribution in [0.4, 0.5) is 5.69 Å². The molecule has 1 amide bonds. The maximum absolute atomic E-state index is 12.8. The van der Waals surface area contributed by atoms with Crippen molar-refractivity contribution in [1.29, 1.82) is 0 Å². The molecule has 1 unspecified atom stereocenters. The summed E-state index contributed by atoms with van der Waals surface area (Å²) in [5, 5.41) is 0. The number of amides is 1. The highest BCUT2D eigenvalue weighted by Gasteiger charge is 2.36. The molecule has 1 aromatic carbocycles. The first-order chi connectivity index (χ1) is 11.0. The van der Waals surface area contributed by atoms with E-state index in [-0.39, 0.29) is 11.8 Å². The molecule has 0 saturated carbocycles. The van der Waals surface area contributed by atoms with Gasteiger partial charge in [-0.25, -0.2) is 0 Å². The Labute approximate surface area is 138 Å². The number of benzene rings is 1. The summed E-state index contributed by atoms with van der Waals surface area (Å²) in [6.45, 7) is 10.2. The monoisotopic (exact) mass is 320 g/mol. The van der Waals surface area contributed by atoms with Crippen molar-refractivity contribution >= 4 is 11.6 Å². The molecule has 0 spiro atoms. The van der Waals surface area contributed by atoms with E-state index in [0.29, 0.717) is 32.2 Å². The van der Waals surface area contributed by atoms with E-state index in [1.165, 1.54) is 5.56 Å². The van der Waals surface area contributed by atoms with Crippen LogP contribution >= 0.6 is 0 Å². The normalized spacial score (nSPS) is 17.6. The number of hydrogen-bond donors (Lipinski definition) is 1. The van der Waals surface area contributed by atoms with Gasteiger partial charge < -0.3 is 20.1 Å². The Kier molecular flexibility index (Phi) is 6.02. The second-order valence-electron chi connectivity index (χ2n) is 6.56. The van der Waals surface area contributed by atoms with Gasteiger partial charge in [-0.3, -0.25) is 4.79 Å². The number of hydrogen-bond acceptors (Lipinski definition) is 4. The summed E-state index contributed by atoms with van der Waals surface area (Å²) in [7, 11) is 0. The van der Waals surface area contributed by atoms with Gasteiger partial charge in [0, 0.05) is 13.1 Å². The Morgan fingerprint density at radius 2 is 2.00 bits per heavy atom. The first kappa shape index (κ1) is 17.8. The van der Waals surface area contributed by atoms with Gasteiger partial charge in [-0.15, -0.1) is 0 Å². The molecule has 2 N–H and O–H groups in total. The number of nitrogens with two attached hydrogens (primary N) is 1. The van der Waals surface area contributed by atoms with E-state index >= 15 is 0 Å². The SMILES string of the molecule is CC(C)c1ccc2c(c1)N(CCOCCN)C(=O)C(C(C)C)O2. The lowest BCUT2D eigenvalue weighted by Gasteiger charge is -2.36. The first-order valence-electron chi connectivity index (χ1n) is 8.35. The fraction of sp³-hybridized carbons (Fsp3) is 0.611. The van der Waals surface area contributed by atoms with E-state index in [1.54, 1.807) is 4.90 Å². The van der Waals surface area contributed by atoms with Gasteiger partial charge in [0.1, 0.15) is 5.75 Å². The van der Waals surface area contributed by atoms with Crippen LogP contribution in [0, 0.1) is 5.92 Å². The molecular formula is C18H28N2O3. The molecule has 1 heterocycles. The summed E-state index contributed by atoms with van der Waals surface area (Å²) < 4.78 is 11.4. The van der Waals surface area contributed by atoms with Crippen LogP contribution in [0.15, 0.2) is 18.2 Å². The third-order valence-electron chi connectivity index (χ3n) is 4.03. The number of nitrogens with zero attached hydrogens (tertiary/aromatic N) is 1. The van der Waals surface area contributed by atoms with Crippen molar-refractivity contribution in [2.75, 3.05) is 31.2 Å². The van der Waals surface area contributed by atoms with E-state index in [9.17, 15) is 4.79 Å². The fourth-order valence-electron chi connectivity index (χ4n) is 2.66. The first-order valence-corrected chi connectivity index (χ1v) is 8.35. The number of anilines is 1. The molecule has 0 aliphatic carbocycles. The van der Waals surface area contributed by atoms with Crippen LogP contribution in [0.3, 0.4) is 0 Å². The van der Waals surface area contributed by atoms with Gasteiger partial charge in [0.2, 0.25) is 0 Å². The zero-order valence-electron chi connectivity index (χ0n) is 14.5. The van der Waals surface area contributed by atoms with Crippen LogP contribution in [0.25, 0.3) is 0 Å². The van der Waals surface area contributed by atoms with Gasteiger partial charge in [-0.05, 0) is 29.5 Å². The molecule has 0 aromatic heterocycles. The molecule has 0 fully saturated rings. The molecule has 128 valence electrons. The largest absolute Gasteiger partial charge is 0.478 e. The molecular weight excluding hydrogens is 292 g/mol. The predicted molar refractivity (Wildman–Crippen MR) is 92.0 cm³/mol. The highest BCUT2D eigenvalue weighted by atomic mass is 16.5. The lowest BCUT2D eigenvalue weighted by Crippen LogP contribution is -2.49. The van der Waals surface area contributed by atoms with Crippen LogP contribution in [0.2, 0.25) is 0 Å². The topological polar surface area (TPSA) is 64.8 Å². The van der Waals surface area contributed by atoms with Gasteiger partial charge >= 0.3 is 0 Å². The Hall–Kier alpha value is -1.59. The van der Waals surface area contributed by atoms with Crippen molar-refractivity contribution in [2.45, 2.75) is 39.7 Å². The number of ether oxygens (including phenoxy) is 2. The maximum Gasteiger partial charge on any atom is 0.268 e. The highest BCUT2D eigenvalue weighted by molar-refractivity contribution is 6.00. The summed E-state index contributed by atoms with van der Waals surface area (Å²) >= 11 is 0. The van der Waals surface area contributed by atoms with Crippen molar-refractivity contribution in [3.05, 3.63) is 23.8 Å². The molecule has 0 saturated heterocycles.